The van der Waals surface area contributed by atoms with Crippen molar-refractivity contribution in [2.24, 2.45) is 29.6 Å². The Kier molecular flexibility index (Phi) is 8.07. The van der Waals surface area contributed by atoms with Crippen LogP contribution in [0.15, 0.2) is 36.4 Å². The Balaban J connectivity index is 1.30. The Labute approximate surface area is 193 Å². The second-order valence-electron chi connectivity index (χ2n) is 10.5. The van der Waals surface area contributed by atoms with Gasteiger partial charge in [-0.05, 0) is 131 Å². The predicted molar refractivity (Wildman–Crippen MR) is 128 cm³/mol. The van der Waals surface area contributed by atoms with E-state index in [1.165, 1.54) is 63.5 Å². The Morgan fingerprint density at radius 1 is 0.781 bits per heavy atom. The summed E-state index contributed by atoms with van der Waals surface area (Å²) < 4.78 is 34.3. The molecule has 0 aliphatic heterocycles. The van der Waals surface area contributed by atoms with Crippen LogP contribution < -0.4 is 4.74 Å². The zero-order valence-electron chi connectivity index (χ0n) is 19.9. The summed E-state index contributed by atoms with van der Waals surface area (Å²) in [6.07, 6.45) is 21.1. The van der Waals surface area contributed by atoms with E-state index in [0.29, 0.717) is 0 Å². The van der Waals surface area contributed by atoms with Crippen molar-refractivity contribution >= 4 is 0 Å². The summed E-state index contributed by atoms with van der Waals surface area (Å²) in [5.74, 6) is 3.24. The van der Waals surface area contributed by atoms with Crippen LogP contribution in [0, 0.1) is 41.2 Å². The van der Waals surface area contributed by atoms with E-state index in [1.807, 2.05) is 13.0 Å². The molecule has 1 nitrogen and oxygen atoms in total. The third-order valence-electron chi connectivity index (χ3n) is 8.65. The lowest BCUT2D eigenvalue weighted by atomic mass is 9.61. The molecule has 3 fully saturated rings. The van der Waals surface area contributed by atoms with Gasteiger partial charge in [0.15, 0.2) is 17.4 Å². The van der Waals surface area contributed by atoms with Crippen molar-refractivity contribution in [1.82, 2.24) is 0 Å². The second-order valence-corrected chi connectivity index (χ2v) is 10.5. The molecule has 3 heteroatoms. The molecule has 4 rings (SSSR count). The van der Waals surface area contributed by atoms with E-state index in [0.717, 1.165) is 48.0 Å². The number of rotatable bonds is 6. The molecule has 176 valence electrons. The summed E-state index contributed by atoms with van der Waals surface area (Å²) in [7, 11) is 0. The topological polar surface area (TPSA) is 9.23 Å². The van der Waals surface area contributed by atoms with Crippen molar-refractivity contribution in [3.8, 4) is 5.75 Å². The van der Waals surface area contributed by atoms with E-state index in [9.17, 15) is 8.78 Å². The molecule has 0 radical (unpaired) electrons. The van der Waals surface area contributed by atoms with Crippen LogP contribution in [-0.2, 0) is 0 Å². The first-order valence-electron chi connectivity index (χ1n) is 12.9. The van der Waals surface area contributed by atoms with Crippen LogP contribution in [-0.4, -0.2) is 6.61 Å². The standard InChI is InChI=1S/C29H40F2O/c1-3-5-15-32-29-27(30)18-26(19-28(29)31)22-11-9-21(10-12-22)24-14-13-23-16-20(6-4-2)7-8-25(23)17-24/h3-6,18-25H,7-17H2,1-2H3. The molecular formula is C29H40F2O. The molecule has 32 heavy (non-hydrogen) atoms. The van der Waals surface area contributed by atoms with Crippen LogP contribution in [0.25, 0.3) is 0 Å². The lowest BCUT2D eigenvalue weighted by Crippen LogP contribution is -2.34. The summed E-state index contributed by atoms with van der Waals surface area (Å²) in [6, 6.07) is 3.01. The molecule has 0 N–H and O–H groups in total. The van der Waals surface area contributed by atoms with Crippen LogP contribution in [0.5, 0.6) is 5.75 Å². The largest absolute Gasteiger partial charge is 0.483 e. The number of ether oxygens (including phenoxy) is 1. The van der Waals surface area contributed by atoms with Gasteiger partial charge in [0, 0.05) is 0 Å². The maximum absolute atomic E-state index is 14.5. The minimum Gasteiger partial charge on any atom is -0.483 e. The summed E-state index contributed by atoms with van der Waals surface area (Å²) >= 11 is 0. The van der Waals surface area contributed by atoms with Gasteiger partial charge in [0.05, 0.1) is 0 Å². The number of allylic oxidation sites excluding steroid dienone is 3. The van der Waals surface area contributed by atoms with Gasteiger partial charge >= 0.3 is 0 Å². The number of hydrogen-bond donors (Lipinski definition) is 0. The van der Waals surface area contributed by atoms with Gasteiger partial charge in [-0.15, -0.1) is 0 Å². The first-order chi connectivity index (χ1) is 15.6. The van der Waals surface area contributed by atoms with E-state index in [4.69, 9.17) is 4.74 Å². The molecule has 4 atom stereocenters. The molecule has 3 aliphatic carbocycles. The number of fused-ring (bicyclic) bond motifs is 1. The smallest absolute Gasteiger partial charge is 0.191 e. The summed E-state index contributed by atoms with van der Waals surface area (Å²) in [5, 5.41) is 0. The first kappa shape index (κ1) is 23.5. The lowest BCUT2D eigenvalue weighted by Gasteiger charge is -2.45. The molecule has 1 aromatic carbocycles. The van der Waals surface area contributed by atoms with E-state index in [-0.39, 0.29) is 18.3 Å². The second kappa shape index (κ2) is 11.0. The van der Waals surface area contributed by atoms with Crippen molar-refractivity contribution in [3.63, 3.8) is 0 Å². The summed E-state index contributed by atoms with van der Waals surface area (Å²) in [5.41, 5.74) is 0.808. The normalized spacial score (nSPS) is 33.5. The third-order valence-corrected chi connectivity index (χ3v) is 8.65. The molecule has 1 aromatic rings. The maximum atomic E-state index is 14.5. The van der Waals surface area contributed by atoms with Gasteiger partial charge in [0.2, 0.25) is 0 Å². The minimum absolute atomic E-state index is 0.188. The highest BCUT2D eigenvalue weighted by molar-refractivity contribution is 5.33. The fourth-order valence-electron chi connectivity index (χ4n) is 6.94. The van der Waals surface area contributed by atoms with Gasteiger partial charge in [0.1, 0.15) is 6.61 Å². The third kappa shape index (κ3) is 5.46. The molecule has 0 bridgehead atoms. The highest BCUT2D eigenvalue weighted by Gasteiger charge is 2.38. The van der Waals surface area contributed by atoms with E-state index >= 15 is 0 Å². The Morgan fingerprint density at radius 3 is 2.03 bits per heavy atom. The Morgan fingerprint density at radius 2 is 1.38 bits per heavy atom. The van der Waals surface area contributed by atoms with Gasteiger partial charge in [-0.3, -0.25) is 0 Å². The molecular weight excluding hydrogens is 402 g/mol. The van der Waals surface area contributed by atoms with Crippen molar-refractivity contribution < 1.29 is 13.5 Å². The van der Waals surface area contributed by atoms with Crippen LogP contribution >= 0.6 is 0 Å². The monoisotopic (exact) mass is 442 g/mol. The Bertz CT molecular complexity index is 782. The maximum Gasteiger partial charge on any atom is 0.191 e. The first-order valence-corrected chi connectivity index (χ1v) is 12.9. The van der Waals surface area contributed by atoms with Gasteiger partial charge in [-0.25, -0.2) is 8.78 Å². The van der Waals surface area contributed by atoms with Crippen LogP contribution in [0.2, 0.25) is 0 Å². The number of halogens is 2. The van der Waals surface area contributed by atoms with Gasteiger partial charge < -0.3 is 4.74 Å². The van der Waals surface area contributed by atoms with Crippen LogP contribution in [0.1, 0.15) is 89.5 Å². The highest BCUT2D eigenvalue weighted by atomic mass is 19.1. The van der Waals surface area contributed by atoms with E-state index < -0.39 is 11.6 Å². The van der Waals surface area contributed by atoms with E-state index in [1.54, 1.807) is 6.08 Å². The SMILES string of the molecule is CC=CCOc1c(F)cc(C2CCC(C3CCC4CC(C=CC)CCC4C3)CC2)cc1F. The molecule has 0 spiro atoms. The van der Waals surface area contributed by atoms with Gasteiger partial charge in [-0.2, -0.15) is 0 Å². The predicted octanol–water partition coefficient (Wildman–Crippen LogP) is 8.60. The molecule has 3 saturated carbocycles. The van der Waals surface area contributed by atoms with Gasteiger partial charge in [-0.1, -0.05) is 24.3 Å². The van der Waals surface area contributed by atoms with Crippen molar-refractivity contribution in [2.75, 3.05) is 6.61 Å². The molecule has 0 aromatic heterocycles. The average Bonchev–Trinajstić information content (AvgIpc) is 2.81. The quantitative estimate of drug-likeness (QED) is 0.401. The zero-order valence-corrected chi connectivity index (χ0v) is 19.9. The van der Waals surface area contributed by atoms with E-state index in [2.05, 4.69) is 19.1 Å². The van der Waals surface area contributed by atoms with Crippen LogP contribution in [0.4, 0.5) is 8.78 Å². The van der Waals surface area contributed by atoms with Crippen molar-refractivity contribution in [2.45, 2.75) is 84.0 Å². The molecule has 4 unspecified atom stereocenters. The summed E-state index contributed by atoms with van der Waals surface area (Å²) in [6.45, 7) is 4.19. The van der Waals surface area contributed by atoms with Crippen molar-refractivity contribution in [3.05, 3.63) is 53.6 Å². The molecule has 0 amide bonds. The summed E-state index contributed by atoms with van der Waals surface area (Å²) in [4.78, 5) is 0. The average molecular weight is 443 g/mol. The number of benzene rings is 1. The minimum atomic E-state index is -0.571. The lowest BCUT2D eigenvalue weighted by molar-refractivity contribution is 0.0718. The molecule has 0 saturated heterocycles. The zero-order chi connectivity index (χ0) is 22.5. The van der Waals surface area contributed by atoms with Gasteiger partial charge in [0.25, 0.3) is 0 Å². The molecule has 3 aliphatic rings. The molecule has 0 heterocycles. The fourth-order valence-corrected chi connectivity index (χ4v) is 6.94. The Hall–Kier alpha value is -1.64. The van der Waals surface area contributed by atoms with Crippen molar-refractivity contribution in [1.29, 1.82) is 0 Å². The van der Waals surface area contributed by atoms with Crippen LogP contribution in [0.3, 0.4) is 0 Å². The highest BCUT2D eigenvalue weighted by Crippen LogP contribution is 2.50. The fraction of sp³-hybridized carbons (Fsp3) is 0.655. The number of hydrogen-bond acceptors (Lipinski definition) is 1.